The third-order valence-corrected chi connectivity index (χ3v) is 4.78. The molecule has 1 fully saturated rings. The summed E-state index contributed by atoms with van der Waals surface area (Å²) < 4.78 is 0. The van der Waals surface area contributed by atoms with Crippen LogP contribution in [0.2, 0.25) is 5.02 Å². The third-order valence-electron chi connectivity index (χ3n) is 4.52. The second-order valence-corrected chi connectivity index (χ2v) is 6.94. The Kier molecular flexibility index (Phi) is 5.46. The minimum atomic E-state index is -0.274. The molecule has 0 N–H and O–H groups in total. The van der Waals surface area contributed by atoms with Gasteiger partial charge < -0.3 is 9.80 Å². The van der Waals surface area contributed by atoms with Crippen LogP contribution < -0.4 is 4.90 Å². The topological polar surface area (TPSA) is 60.9 Å². The lowest BCUT2D eigenvalue weighted by Crippen LogP contribution is -2.41. The van der Waals surface area contributed by atoms with E-state index >= 15 is 0 Å². The number of likely N-dealkylation sites (N-methyl/N-ethyl adjacent to an activating group) is 1. The van der Waals surface area contributed by atoms with E-state index in [9.17, 15) is 14.4 Å². The Morgan fingerprint density at radius 3 is 2.44 bits per heavy atom. The van der Waals surface area contributed by atoms with E-state index in [1.165, 1.54) is 14.7 Å². The van der Waals surface area contributed by atoms with Crippen LogP contribution in [0.1, 0.15) is 15.9 Å². The number of halogens is 1. The van der Waals surface area contributed by atoms with Crippen LogP contribution in [0.5, 0.6) is 0 Å². The number of carbonyl (C=O) groups excluding carboxylic acids is 3. The number of rotatable bonds is 4. The van der Waals surface area contributed by atoms with E-state index in [1.807, 2.05) is 19.1 Å². The Morgan fingerprint density at radius 1 is 1.11 bits per heavy atom. The summed E-state index contributed by atoms with van der Waals surface area (Å²) in [6.07, 6.45) is 0. The number of benzene rings is 2. The van der Waals surface area contributed by atoms with Gasteiger partial charge in [-0.3, -0.25) is 19.3 Å². The molecule has 0 aromatic heterocycles. The van der Waals surface area contributed by atoms with Crippen LogP contribution in [0.3, 0.4) is 0 Å². The highest BCUT2D eigenvalue weighted by Gasteiger charge is 2.32. The van der Waals surface area contributed by atoms with E-state index < -0.39 is 0 Å². The van der Waals surface area contributed by atoms with Gasteiger partial charge in [0.1, 0.15) is 13.2 Å². The number of carbonyl (C=O) groups is 3. The summed E-state index contributed by atoms with van der Waals surface area (Å²) in [4.78, 5) is 41.8. The van der Waals surface area contributed by atoms with Gasteiger partial charge in [0.15, 0.2) is 0 Å². The molecule has 0 aliphatic carbocycles. The number of amides is 3. The van der Waals surface area contributed by atoms with Gasteiger partial charge in [0.25, 0.3) is 5.91 Å². The fourth-order valence-corrected chi connectivity index (χ4v) is 3.08. The average Bonchev–Trinajstić information content (AvgIpc) is 3.04. The summed E-state index contributed by atoms with van der Waals surface area (Å²) in [7, 11) is 1.58. The fraction of sp³-hybridized carbons (Fsp3) is 0.250. The minimum Gasteiger partial charge on any atom is -0.332 e. The van der Waals surface area contributed by atoms with Crippen molar-refractivity contribution in [2.75, 3.05) is 31.7 Å². The number of hydrogen-bond acceptors (Lipinski definition) is 3. The lowest BCUT2D eigenvalue weighted by Gasteiger charge is -2.22. The smallest absolute Gasteiger partial charge is 0.254 e. The predicted octanol–water partition coefficient (Wildman–Crippen LogP) is 2.55. The SMILES string of the molecule is Cc1ccccc1C(=O)N(C)CC(=O)N1CC(=O)N(c2ccc(Cl)cc2)C1. The molecule has 1 heterocycles. The van der Waals surface area contributed by atoms with Crippen molar-refractivity contribution < 1.29 is 14.4 Å². The first-order chi connectivity index (χ1) is 12.9. The van der Waals surface area contributed by atoms with E-state index in [4.69, 9.17) is 11.6 Å². The maximum absolute atomic E-state index is 12.6. The van der Waals surface area contributed by atoms with Crippen molar-refractivity contribution in [1.82, 2.24) is 9.80 Å². The molecular formula is C20H20ClN3O3. The zero-order valence-corrected chi connectivity index (χ0v) is 15.9. The average molecular weight is 386 g/mol. The number of nitrogens with zero attached hydrogens (tertiary/aromatic N) is 3. The molecule has 1 aliphatic heterocycles. The number of hydrogen-bond donors (Lipinski definition) is 0. The Bertz CT molecular complexity index is 882. The van der Waals surface area contributed by atoms with Gasteiger partial charge in [-0.2, -0.15) is 0 Å². The highest BCUT2D eigenvalue weighted by molar-refractivity contribution is 6.30. The molecule has 1 aliphatic rings. The minimum absolute atomic E-state index is 0.00610. The molecule has 1 saturated heterocycles. The summed E-state index contributed by atoms with van der Waals surface area (Å²) in [6.45, 7) is 1.92. The van der Waals surface area contributed by atoms with E-state index in [2.05, 4.69) is 0 Å². The zero-order chi connectivity index (χ0) is 19.6. The number of aryl methyl sites for hydroxylation is 1. The highest BCUT2D eigenvalue weighted by Crippen LogP contribution is 2.22. The quantitative estimate of drug-likeness (QED) is 0.812. The zero-order valence-electron chi connectivity index (χ0n) is 15.2. The Labute approximate surface area is 162 Å². The van der Waals surface area contributed by atoms with E-state index in [-0.39, 0.29) is 37.5 Å². The first-order valence-electron chi connectivity index (χ1n) is 8.51. The monoisotopic (exact) mass is 385 g/mol. The van der Waals surface area contributed by atoms with Gasteiger partial charge in [-0.05, 0) is 42.8 Å². The summed E-state index contributed by atoms with van der Waals surface area (Å²) in [6, 6.07) is 14.1. The molecular weight excluding hydrogens is 366 g/mol. The lowest BCUT2D eigenvalue weighted by atomic mass is 10.1. The van der Waals surface area contributed by atoms with Gasteiger partial charge >= 0.3 is 0 Å². The van der Waals surface area contributed by atoms with Gasteiger partial charge in [-0.15, -0.1) is 0 Å². The molecule has 7 heteroatoms. The van der Waals surface area contributed by atoms with Crippen LogP contribution in [0.15, 0.2) is 48.5 Å². The van der Waals surface area contributed by atoms with Crippen molar-refractivity contribution in [3.63, 3.8) is 0 Å². The van der Waals surface area contributed by atoms with Crippen molar-refractivity contribution in [3.8, 4) is 0 Å². The summed E-state index contributed by atoms with van der Waals surface area (Å²) >= 11 is 5.88. The number of anilines is 1. The molecule has 0 radical (unpaired) electrons. The fourth-order valence-electron chi connectivity index (χ4n) is 2.96. The molecule has 0 spiro atoms. The van der Waals surface area contributed by atoms with Crippen LogP contribution in [0, 0.1) is 6.92 Å². The van der Waals surface area contributed by atoms with Crippen molar-refractivity contribution in [2.45, 2.75) is 6.92 Å². The van der Waals surface area contributed by atoms with Gasteiger partial charge in [0, 0.05) is 23.3 Å². The predicted molar refractivity (Wildman–Crippen MR) is 104 cm³/mol. The van der Waals surface area contributed by atoms with Crippen molar-refractivity contribution >= 4 is 35.0 Å². The summed E-state index contributed by atoms with van der Waals surface area (Å²) in [5, 5.41) is 0.578. The first-order valence-corrected chi connectivity index (χ1v) is 8.89. The third kappa shape index (κ3) is 4.11. The van der Waals surface area contributed by atoms with Gasteiger partial charge in [0.05, 0.1) is 6.54 Å². The maximum atomic E-state index is 12.6. The van der Waals surface area contributed by atoms with Crippen LogP contribution in [-0.4, -0.2) is 54.3 Å². The second kappa shape index (κ2) is 7.80. The molecule has 2 aromatic rings. The molecule has 3 rings (SSSR count). The first kappa shape index (κ1) is 18.9. The molecule has 0 saturated carbocycles. The van der Waals surface area contributed by atoms with Gasteiger partial charge in [-0.25, -0.2) is 0 Å². The molecule has 2 aromatic carbocycles. The standard InChI is InChI=1S/C20H20ClN3O3/c1-14-5-3-4-6-17(14)20(27)22(2)11-18(25)23-12-19(26)24(13-23)16-9-7-15(21)8-10-16/h3-10H,11-13H2,1-2H3. The molecule has 0 atom stereocenters. The highest BCUT2D eigenvalue weighted by atomic mass is 35.5. The maximum Gasteiger partial charge on any atom is 0.254 e. The molecule has 27 heavy (non-hydrogen) atoms. The van der Waals surface area contributed by atoms with Gasteiger partial charge in [0.2, 0.25) is 11.8 Å². The molecule has 0 unspecified atom stereocenters. The normalized spacial score (nSPS) is 13.8. The van der Waals surface area contributed by atoms with E-state index in [0.717, 1.165) is 5.56 Å². The van der Waals surface area contributed by atoms with Crippen molar-refractivity contribution in [3.05, 3.63) is 64.7 Å². The Morgan fingerprint density at radius 2 is 1.78 bits per heavy atom. The van der Waals surface area contributed by atoms with Crippen molar-refractivity contribution in [2.24, 2.45) is 0 Å². The summed E-state index contributed by atoms with van der Waals surface area (Å²) in [5.41, 5.74) is 2.10. The molecule has 6 nitrogen and oxygen atoms in total. The van der Waals surface area contributed by atoms with Gasteiger partial charge in [-0.1, -0.05) is 29.8 Å². The van der Waals surface area contributed by atoms with Crippen LogP contribution in [0.25, 0.3) is 0 Å². The lowest BCUT2D eigenvalue weighted by molar-refractivity contribution is -0.132. The van der Waals surface area contributed by atoms with Crippen LogP contribution in [-0.2, 0) is 9.59 Å². The molecule has 0 bridgehead atoms. The van der Waals surface area contributed by atoms with Crippen molar-refractivity contribution in [1.29, 1.82) is 0 Å². The molecule has 3 amide bonds. The second-order valence-electron chi connectivity index (χ2n) is 6.51. The van der Waals surface area contributed by atoms with E-state index in [0.29, 0.717) is 16.3 Å². The van der Waals surface area contributed by atoms with E-state index in [1.54, 1.807) is 43.4 Å². The van der Waals surface area contributed by atoms with Crippen LogP contribution >= 0.6 is 11.6 Å². The molecule has 140 valence electrons. The Balaban J connectivity index is 1.64. The Hall–Kier alpha value is -2.86. The largest absolute Gasteiger partial charge is 0.332 e. The van der Waals surface area contributed by atoms with Crippen LogP contribution in [0.4, 0.5) is 5.69 Å². The summed E-state index contributed by atoms with van der Waals surface area (Å²) in [5.74, 6) is -0.663.